The van der Waals surface area contributed by atoms with Gasteiger partial charge in [-0.25, -0.2) is 0 Å². The number of carbonyl (C=O) groups excluding carboxylic acids is 1. The van der Waals surface area contributed by atoms with Gasteiger partial charge in [-0.3, -0.25) is 14.9 Å². The molecule has 0 amide bonds. The van der Waals surface area contributed by atoms with E-state index in [0.717, 1.165) is 5.56 Å². The van der Waals surface area contributed by atoms with Crippen molar-refractivity contribution in [3.8, 4) is 0 Å². The normalized spacial score (nSPS) is 10.2. The Labute approximate surface area is 111 Å². The standard InChI is InChI=1S/C13H18N2O4/c1-10-11(5-3-6-12(10)15(17)18)9-14-8-4-7-13(16)19-2/h3,5-6,14H,4,7-9H2,1-2H3. The second kappa shape index (κ2) is 7.48. The summed E-state index contributed by atoms with van der Waals surface area (Å²) in [5.74, 6) is -0.228. The van der Waals surface area contributed by atoms with Gasteiger partial charge < -0.3 is 10.1 Å². The van der Waals surface area contributed by atoms with Crippen LogP contribution in [0.5, 0.6) is 0 Å². The van der Waals surface area contributed by atoms with E-state index in [1.54, 1.807) is 13.0 Å². The van der Waals surface area contributed by atoms with E-state index in [4.69, 9.17) is 0 Å². The van der Waals surface area contributed by atoms with Crippen LogP contribution < -0.4 is 5.32 Å². The van der Waals surface area contributed by atoms with Gasteiger partial charge in [-0.05, 0) is 25.5 Å². The Kier molecular flexibility index (Phi) is 5.95. The van der Waals surface area contributed by atoms with Crippen LogP contribution >= 0.6 is 0 Å². The maximum Gasteiger partial charge on any atom is 0.305 e. The van der Waals surface area contributed by atoms with Crippen molar-refractivity contribution in [2.24, 2.45) is 0 Å². The summed E-state index contributed by atoms with van der Waals surface area (Å²) in [4.78, 5) is 21.3. The molecule has 0 aliphatic carbocycles. The van der Waals surface area contributed by atoms with Crippen molar-refractivity contribution in [1.82, 2.24) is 5.32 Å². The fraction of sp³-hybridized carbons (Fsp3) is 0.462. The Morgan fingerprint density at radius 3 is 2.84 bits per heavy atom. The van der Waals surface area contributed by atoms with Gasteiger partial charge >= 0.3 is 5.97 Å². The van der Waals surface area contributed by atoms with E-state index >= 15 is 0 Å². The smallest absolute Gasteiger partial charge is 0.305 e. The number of hydrogen-bond acceptors (Lipinski definition) is 5. The van der Waals surface area contributed by atoms with Gasteiger partial charge in [0.15, 0.2) is 0 Å². The average molecular weight is 266 g/mol. The Hall–Kier alpha value is -1.95. The number of nitrogens with zero attached hydrogens (tertiary/aromatic N) is 1. The molecule has 1 rings (SSSR count). The van der Waals surface area contributed by atoms with Gasteiger partial charge in [0.05, 0.1) is 12.0 Å². The van der Waals surface area contributed by atoms with Crippen LogP contribution in [0.1, 0.15) is 24.0 Å². The van der Waals surface area contributed by atoms with E-state index in [9.17, 15) is 14.9 Å². The van der Waals surface area contributed by atoms with E-state index < -0.39 is 0 Å². The summed E-state index contributed by atoms with van der Waals surface area (Å²) in [5.41, 5.74) is 1.70. The van der Waals surface area contributed by atoms with Crippen LogP contribution in [0.3, 0.4) is 0 Å². The first-order valence-electron chi connectivity index (χ1n) is 6.06. The van der Waals surface area contributed by atoms with Crippen molar-refractivity contribution in [2.45, 2.75) is 26.3 Å². The molecule has 0 saturated heterocycles. The predicted molar refractivity (Wildman–Crippen MR) is 70.8 cm³/mol. The van der Waals surface area contributed by atoms with Crippen molar-refractivity contribution in [2.75, 3.05) is 13.7 Å². The van der Waals surface area contributed by atoms with Crippen molar-refractivity contribution in [3.63, 3.8) is 0 Å². The minimum Gasteiger partial charge on any atom is -0.469 e. The highest BCUT2D eigenvalue weighted by molar-refractivity contribution is 5.69. The largest absolute Gasteiger partial charge is 0.469 e. The third-order valence-corrected chi connectivity index (χ3v) is 2.89. The monoisotopic (exact) mass is 266 g/mol. The first-order valence-corrected chi connectivity index (χ1v) is 6.06. The van der Waals surface area contributed by atoms with Gasteiger partial charge in [-0.15, -0.1) is 0 Å². The lowest BCUT2D eigenvalue weighted by Gasteiger charge is -2.07. The maximum atomic E-state index is 10.9. The van der Waals surface area contributed by atoms with Gasteiger partial charge in [0.2, 0.25) is 0 Å². The number of rotatable bonds is 7. The second-order valence-corrected chi connectivity index (χ2v) is 4.17. The maximum absolute atomic E-state index is 10.9. The molecule has 0 heterocycles. The van der Waals surface area contributed by atoms with E-state index in [1.165, 1.54) is 13.2 Å². The molecular formula is C13H18N2O4. The lowest BCUT2D eigenvalue weighted by Crippen LogP contribution is -2.17. The quantitative estimate of drug-likeness (QED) is 0.353. The molecule has 6 nitrogen and oxygen atoms in total. The number of nitro benzene ring substituents is 1. The second-order valence-electron chi connectivity index (χ2n) is 4.17. The molecular weight excluding hydrogens is 248 g/mol. The SMILES string of the molecule is COC(=O)CCCNCc1cccc([N+](=O)[O-])c1C. The summed E-state index contributed by atoms with van der Waals surface area (Å²) in [5, 5.41) is 13.9. The Morgan fingerprint density at radius 2 is 2.21 bits per heavy atom. The summed E-state index contributed by atoms with van der Waals surface area (Å²) in [6.07, 6.45) is 1.05. The number of hydrogen-bond donors (Lipinski definition) is 1. The molecule has 0 unspecified atom stereocenters. The average Bonchev–Trinajstić information content (AvgIpc) is 2.39. The lowest BCUT2D eigenvalue weighted by molar-refractivity contribution is -0.385. The molecule has 0 aliphatic rings. The molecule has 104 valence electrons. The van der Waals surface area contributed by atoms with Gasteiger partial charge in [0.1, 0.15) is 0 Å². The Balaban J connectivity index is 2.44. The van der Waals surface area contributed by atoms with E-state index in [0.29, 0.717) is 31.5 Å². The summed E-state index contributed by atoms with van der Waals surface area (Å²) >= 11 is 0. The fourth-order valence-electron chi connectivity index (χ4n) is 1.74. The van der Waals surface area contributed by atoms with Crippen LogP contribution in [-0.2, 0) is 16.1 Å². The minimum atomic E-state index is -0.379. The summed E-state index contributed by atoms with van der Waals surface area (Å²) in [6.45, 7) is 2.95. The van der Waals surface area contributed by atoms with E-state index in [2.05, 4.69) is 10.1 Å². The Morgan fingerprint density at radius 1 is 1.47 bits per heavy atom. The molecule has 0 atom stereocenters. The molecule has 0 spiro atoms. The number of ether oxygens (including phenoxy) is 1. The van der Waals surface area contributed by atoms with Crippen molar-refractivity contribution in [1.29, 1.82) is 0 Å². The summed E-state index contributed by atoms with van der Waals surface area (Å²) < 4.78 is 4.53. The first kappa shape index (κ1) is 15.1. The molecule has 0 fully saturated rings. The van der Waals surface area contributed by atoms with Crippen LogP contribution in [0, 0.1) is 17.0 Å². The number of methoxy groups -OCH3 is 1. The minimum absolute atomic E-state index is 0.133. The number of nitrogens with one attached hydrogen (secondary N) is 1. The van der Waals surface area contributed by atoms with E-state index in [1.807, 2.05) is 6.07 Å². The van der Waals surface area contributed by atoms with Crippen LogP contribution in [-0.4, -0.2) is 24.5 Å². The molecule has 19 heavy (non-hydrogen) atoms. The molecule has 0 radical (unpaired) electrons. The van der Waals surface area contributed by atoms with Crippen LogP contribution in [0.15, 0.2) is 18.2 Å². The topological polar surface area (TPSA) is 81.5 Å². The molecule has 0 bridgehead atoms. The van der Waals surface area contributed by atoms with Gasteiger partial charge in [0.25, 0.3) is 5.69 Å². The van der Waals surface area contributed by atoms with Crippen LogP contribution in [0.2, 0.25) is 0 Å². The van der Waals surface area contributed by atoms with E-state index in [-0.39, 0.29) is 16.6 Å². The van der Waals surface area contributed by atoms with Crippen LogP contribution in [0.4, 0.5) is 5.69 Å². The van der Waals surface area contributed by atoms with Gasteiger partial charge in [0, 0.05) is 24.6 Å². The number of benzene rings is 1. The fourth-order valence-corrected chi connectivity index (χ4v) is 1.74. The number of carbonyl (C=O) groups is 1. The van der Waals surface area contributed by atoms with Crippen molar-refractivity contribution < 1.29 is 14.5 Å². The zero-order chi connectivity index (χ0) is 14.3. The van der Waals surface area contributed by atoms with Gasteiger partial charge in [-0.2, -0.15) is 0 Å². The lowest BCUT2D eigenvalue weighted by atomic mass is 10.1. The molecule has 1 N–H and O–H groups in total. The highest BCUT2D eigenvalue weighted by atomic mass is 16.6. The van der Waals surface area contributed by atoms with Gasteiger partial charge in [-0.1, -0.05) is 12.1 Å². The molecule has 6 heteroatoms. The molecule has 1 aromatic rings. The van der Waals surface area contributed by atoms with Crippen LogP contribution in [0.25, 0.3) is 0 Å². The number of esters is 1. The number of nitro groups is 1. The molecule has 1 aromatic carbocycles. The van der Waals surface area contributed by atoms with Crippen molar-refractivity contribution >= 4 is 11.7 Å². The highest BCUT2D eigenvalue weighted by Gasteiger charge is 2.12. The molecule has 0 aromatic heterocycles. The summed E-state index contributed by atoms with van der Waals surface area (Å²) in [7, 11) is 1.36. The molecule has 0 aliphatic heterocycles. The Bertz CT molecular complexity index is 460. The molecule has 0 saturated carbocycles. The zero-order valence-corrected chi connectivity index (χ0v) is 11.1. The van der Waals surface area contributed by atoms with Crippen molar-refractivity contribution in [3.05, 3.63) is 39.4 Å². The highest BCUT2D eigenvalue weighted by Crippen LogP contribution is 2.20. The summed E-state index contributed by atoms with van der Waals surface area (Å²) in [6, 6.07) is 5.03. The third kappa shape index (κ3) is 4.67. The predicted octanol–water partition coefficient (Wildman–Crippen LogP) is 1.95. The third-order valence-electron chi connectivity index (χ3n) is 2.89. The zero-order valence-electron chi connectivity index (χ0n) is 11.1. The first-order chi connectivity index (χ1) is 9.06.